The summed E-state index contributed by atoms with van der Waals surface area (Å²) in [6, 6.07) is 2.10. The van der Waals surface area contributed by atoms with Crippen molar-refractivity contribution >= 4 is 29.2 Å². The van der Waals surface area contributed by atoms with Gasteiger partial charge in [0.2, 0.25) is 17.8 Å². The number of anilines is 3. The van der Waals surface area contributed by atoms with Crippen LogP contribution < -0.4 is 16.0 Å². The fourth-order valence-electron chi connectivity index (χ4n) is 1.85. The number of aryl methyl sites for hydroxylation is 1. The molecule has 0 radical (unpaired) electrons. The average Bonchev–Trinajstić information content (AvgIpc) is 2.83. The van der Waals surface area contributed by atoms with Gasteiger partial charge in [0.05, 0.1) is 6.54 Å². The summed E-state index contributed by atoms with van der Waals surface area (Å²) in [5.41, 5.74) is 7.03. The van der Waals surface area contributed by atoms with Crippen LogP contribution in [0.25, 0.3) is 0 Å². The van der Waals surface area contributed by atoms with Gasteiger partial charge < -0.3 is 16.0 Å². The van der Waals surface area contributed by atoms with Crippen LogP contribution in [0.1, 0.15) is 24.3 Å². The lowest BCUT2D eigenvalue weighted by Gasteiger charge is -2.19. The maximum absolute atomic E-state index is 5.76. The fourth-order valence-corrected chi connectivity index (χ4v) is 2.70. The summed E-state index contributed by atoms with van der Waals surface area (Å²) in [6.45, 7) is 8.59. The van der Waals surface area contributed by atoms with Crippen molar-refractivity contribution < 1.29 is 0 Å². The Labute approximate surface area is 123 Å². The molecule has 7 heteroatoms. The van der Waals surface area contributed by atoms with Crippen LogP contribution in [-0.4, -0.2) is 28.0 Å². The summed E-state index contributed by atoms with van der Waals surface area (Å²) in [5.74, 6) is 1.38. The third kappa shape index (κ3) is 3.36. The van der Waals surface area contributed by atoms with E-state index in [9.17, 15) is 0 Å². The highest BCUT2D eigenvalue weighted by Gasteiger charge is 2.10. The van der Waals surface area contributed by atoms with Crippen LogP contribution in [0.4, 0.5) is 17.8 Å². The normalized spacial score (nSPS) is 10.6. The van der Waals surface area contributed by atoms with Crippen LogP contribution in [0, 0.1) is 6.92 Å². The minimum Gasteiger partial charge on any atom is -0.368 e. The summed E-state index contributed by atoms with van der Waals surface area (Å²) in [6.07, 6.45) is 0. The number of aromatic nitrogens is 3. The summed E-state index contributed by atoms with van der Waals surface area (Å²) in [5, 5.41) is 5.29. The fraction of sp³-hybridized carbons (Fsp3) is 0.462. The molecule has 0 amide bonds. The molecule has 0 unspecified atom stereocenters. The second-order valence-corrected chi connectivity index (χ2v) is 5.37. The molecule has 0 atom stereocenters. The number of rotatable bonds is 6. The van der Waals surface area contributed by atoms with Crippen molar-refractivity contribution in [2.24, 2.45) is 0 Å². The summed E-state index contributed by atoms with van der Waals surface area (Å²) >= 11 is 1.72. The summed E-state index contributed by atoms with van der Waals surface area (Å²) < 4.78 is 0. The van der Waals surface area contributed by atoms with Gasteiger partial charge in [0.15, 0.2) is 0 Å². The summed E-state index contributed by atoms with van der Waals surface area (Å²) in [4.78, 5) is 16.1. The van der Waals surface area contributed by atoms with Gasteiger partial charge in [-0.3, -0.25) is 0 Å². The maximum atomic E-state index is 5.76. The molecule has 0 bridgehead atoms. The van der Waals surface area contributed by atoms with Crippen LogP contribution >= 0.6 is 11.3 Å². The van der Waals surface area contributed by atoms with Crippen LogP contribution in [0.2, 0.25) is 0 Å². The molecule has 2 heterocycles. The van der Waals surface area contributed by atoms with Gasteiger partial charge in [0, 0.05) is 18.0 Å². The Morgan fingerprint density at radius 3 is 2.60 bits per heavy atom. The van der Waals surface area contributed by atoms with Crippen molar-refractivity contribution in [3.8, 4) is 0 Å². The van der Waals surface area contributed by atoms with E-state index in [1.54, 1.807) is 11.3 Å². The Morgan fingerprint density at radius 1 is 1.25 bits per heavy atom. The van der Waals surface area contributed by atoms with E-state index in [1.807, 2.05) is 4.90 Å². The number of hydrogen-bond donors (Lipinski definition) is 2. The first-order valence-corrected chi connectivity index (χ1v) is 7.55. The van der Waals surface area contributed by atoms with E-state index in [4.69, 9.17) is 5.73 Å². The third-order valence-corrected chi connectivity index (χ3v) is 4.09. The quantitative estimate of drug-likeness (QED) is 0.850. The zero-order chi connectivity index (χ0) is 14.5. The lowest BCUT2D eigenvalue weighted by molar-refractivity contribution is 0.814. The van der Waals surface area contributed by atoms with Crippen molar-refractivity contribution in [1.82, 2.24) is 15.0 Å². The second-order valence-electron chi connectivity index (χ2n) is 4.37. The minimum absolute atomic E-state index is 0.243. The molecule has 6 nitrogen and oxygen atoms in total. The van der Waals surface area contributed by atoms with E-state index in [-0.39, 0.29) is 5.95 Å². The number of hydrogen-bond acceptors (Lipinski definition) is 7. The van der Waals surface area contributed by atoms with E-state index in [0.717, 1.165) is 13.1 Å². The van der Waals surface area contributed by atoms with Crippen LogP contribution in [0.15, 0.2) is 11.4 Å². The molecule has 20 heavy (non-hydrogen) atoms. The SMILES string of the molecule is CCN(CC)c1nc(N)nc(NCc2sccc2C)n1. The molecule has 108 valence electrons. The van der Waals surface area contributed by atoms with E-state index in [1.165, 1.54) is 10.4 Å². The van der Waals surface area contributed by atoms with E-state index in [0.29, 0.717) is 18.4 Å². The first kappa shape index (κ1) is 14.5. The maximum Gasteiger partial charge on any atom is 0.231 e. The molecular formula is C13H20N6S. The highest BCUT2D eigenvalue weighted by Crippen LogP contribution is 2.17. The number of nitrogens with zero attached hydrogens (tertiary/aromatic N) is 4. The Morgan fingerprint density at radius 2 is 2.00 bits per heavy atom. The number of thiophene rings is 1. The molecule has 0 aliphatic rings. The lowest BCUT2D eigenvalue weighted by atomic mass is 10.3. The zero-order valence-corrected chi connectivity index (χ0v) is 12.9. The molecule has 0 spiro atoms. The molecule has 0 aliphatic heterocycles. The monoisotopic (exact) mass is 292 g/mol. The van der Waals surface area contributed by atoms with Gasteiger partial charge >= 0.3 is 0 Å². The molecule has 3 N–H and O–H groups in total. The number of nitrogens with one attached hydrogen (secondary N) is 1. The van der Waals surface area contributed by atoms with Crippen molar-refractivity contribution in [3.05, 3.63) is 21.9 Å². The van der Waals surface area contributed by atoms with Crippen molar-refractivity contribution in [1.29, 1.82) is 0 Å². The Bertz CT molecular complexity index is 564. The van der Waals surface area contributed by atoms with E-state index >= 15 is 0 Å². The topological polar surface area (TPSA) is 80.0 Å². The average molecular weight is 292 g/mol. The van der Waals surface area contributed by atoms with E-state index in [2.05, 4.69) is 52.5 Å². The van der Waals surface area contributed by atoms with Crippen LogP contribution in [0.5, 0.6) is 0 Å². The first-order valence-electron chi connectivity index (χ1n) is 6.67. The van der Waals surface area contributed by atoms with E-state index < -0.39 is 0 Å². The predicted molar refractivity (Wildman–Crippen MR) is 84.2 cm³/mol. The van der Waals surface area contributed by atoms with Gasteiger partial charge in [-0.25, -0.2) is 0 Å². The number of nitrogens with two attached hydrogens (primary N) is 1. The van der Waals surface area contributed by atoms with Gasteiger partial charge in [0.1, 0.15) is 0 Å². The molecule has 0 aromatic carbocycles. The minimum atomic E-state index is 0.243. The molecule has 2 rings (SSSR count). The second kappa shape index (κ2) is 6.51. The summed E-state index contributed by atoms with van der Waals surface area (Å²) in [7, 11) is 0. The van der Waals surface area contributed by atoms with Gasteiger partial charge in [0.25, 0.3) is 0 Å². The van der Waals surface area contributed by atoms with Gasteiger partial charge in [-0.2, -0.15) is 15.0 Å². The molecule has 0 saturated carbocycles. The zero-order valence-electron chi connectivity index (χ0n) is 12.1. The Balaban J connectivity index is 2.13. The van der Waals surface area contributed by atoms with Crippen LogP contribution in [-0.2, 0) is 6.54 Å². The van der Waals surface area contributed by atoms with Gasteiger partial charge in [-0.15, -0.1) is 11.3 Å². The van der Waals surface area contributed by atoms with Crippen molar-refractivity contribution in [3.63, 3.8) is 0 Å². The standard InChI is InChI=1S/C13H20N6S/c1-4-19(5-2)13-17-11(14)16-12(18-13)15-8-10-9(3)6-7-20-10/h6-7H,4-5,8H2,1-3H3,(H3,14,15,16,17,18). The highest BCUT2D eigenvalue weighted by molar-refractivity contribution is 7.10. The Hall–Kier alpha value is -1.89. The van der Waals surface area contributed by atoms with Crippen molar-refractivity contribution in [2.45, 2.75) is 27.3 Å². The largest absolute Gasteiger partial charge is 0.368 e. The highest BCUT2D eigenvalue weighted by atomic mass is 32.1. The number of nitrogen functional groups attached to an aromatic ring is 1. The van der Waals surface area contributed by atoms with Crippen molar-refractivity contribution in [2.75, 3.05) is 29.0 Å². The first-order chi connectivity index (χ1) is 9.63. The van der Waals surface area contributed by atoms with Gasteiger partial charge in [-0.1, -0.05) is 0 Å². The molecule has 0 saturated heterocycles. The molecule has 2 aromatic heterocycles. The lowest BCUT2D eigenvalue weighted by Crippen LogP contribution is -2.25. The Kier molecular flexibility index (Phi) is 4.73. The molecule has 0 aliphatic carbocycles. The molecular weight excluding hydrogens is 272 g/mol. The smallest absolute Gasteiger partial charge is 0.231 e. The third-order valence-electron chi connectivity index (χ3n) is 3.06. The van der Waals surface area contributed by atoms with Gasteiger partial charge in [-0.05, 0) is 37.8 Å². The molecule has 0 fully saturated rings. The predicted octanol–water partition coefficient (Wildman–Crippen LogP) is 2.28. The van der Waals surface area contributed by atoms with Crippen LogP contribution in [0.3, 0.4) is 0 Å². The molecule has 2 aromatic rings.